The molecule has 2 aliphatic heterocycles. The van der Waals surface area contributed by atoms with Crippen LogP contribution in [0.15, 0.2) is 36.4 Å². The number of ether oxygens (including phenoxy) is 1. The van der Waals surface area contributed by atoms with Crippen LogP contribution in [0.5, 0.6) is 0 Å². The zero-order valence-corrected chi connectivity index (χ0v) is 28.4. The van der Waals surface area contributed by atoms with E-state index in [1.807, 2.05) is 39.8 Å². The quantitative estimate of drug-likeness (QED) is 0.287. The van der Waals surface area contributed by atoms with Crippen molar-refractivity contribution < 1.29 is 14.6 Å². The fourth-order valence-corrected chi connectivity index (χ4v) is 6.96. The average Bonchev–Trinajstić information content (AvgIpc) is 2.92. The number of rotatable bonds is 7. The number of aliphatic carboxylic acids is 1. The Bertz CT molecular complexity index is 1550. The molecule has 0 aliphatic carbocycles. The fraction of sp³-hybridized carbons (Fsp3) is 0.514. The van der Waals surface area contributed by atoms with Crippen LogP contribution in [-0.2, 0) is 29.0 Å². The van der Waals surface area contributed by atoms with E-state index in [-0.39, 0.29) is 5.41 Å². The first-order valence-electron chi connectivity index (χ1n) is 15.9. The van der Waals surface area contributed by atoms with Crippen LogP contribution in [0.3, 0.4) is 0 Å². The number of benzene rings is 2. The topological polar surface area (TPSA) is 65.9 Å². The van der Waals surface area contributed by atoms with Gasteiger partial charge in [0.1, 0.15) is 0 Å². The first-order chi connectivity index (χ1) is 20.6. The molecule has 2 aromatic carbocycles. The number of carboxylic acid groups (broad SMARTS) is 1. The highest BCUT2D eigenvalue weighted by Gasteiger charge is 2.36. The summed E-state index contributed by atoms with van der Waals surface area (Å²) in [4.78, 5) is 22.7. The van der Waals surface area contributed by atoms with Gasteiger partial charge in [-0.05, 0) is 106 Å². The molecule has 0 bridgehead atoms. The number of hydrogen-bond donors (Lipinski definition) is 1. The number of carbonyl (C=O) groups is 1. The Balaban J connectivity index is 1.56. The Kier molecular flexibility index (Phi) is 9.19. The maximum Gasteiger partial charge on any atom is 0.337 e. The number of piperidine rings is 1. The lowest BCUT2D eigenvalue weighted by atomic mass is 9.81. The number of aryl methyl sites for hydroxylation is 3. The molecule has 1 atom stereocenters. The molecule has 1 saturated heterocycles. The van der Waals surface area contributed by atoms with Gasteiger partial charge in [0.15, 0.2) is 6.10 Å². The lowest BCUT2D eigenvalue weighted by Crippen LogP contribution is -2.39. The van der Waals surface area contributed by atoms with Gasteiger partial charge in [-0.2, -0.15) is 0 Å². The molecule has 0 radical (unpaired) electrons. The van der Waals surface area contributed by atoms with Crippen molar-refractivity contribution in [3.63, 3.8) is 0 Å². The maximum absolute atomic E-state index is 12.8. The third kappa shape index (κ3) is 7.14. The van der Waals surface area contributed by atoms with Gasteiger partial charge in [-0.1, -0.05) is 49.7 Å². The molecule has 0 amide bonds. The lowest BCUT2D eigenvalue weighted by molar-refractivity contribution is -0.160. The van der Waals surface area contributed by atoms with Crippen LogP contribution >= 0.6 is 11.6 Å². The molecule has 0 spiro atoms. The fourth-order valence-electron chi connectivity index (χ4n) is 6.73. The summed E-state index contributed by atoms with van der Waals surface area (Å²) < 4.78 is 6.26. The molecule has 6 nitrogen and oxygen atoms in total. The Hall–Kier alpha value is -2.93. The van der Waals surface area contributed by atoms with Gasteiger partial charge in [0.05, 0.1) is 11.3 Å². The number of fused-ring (bicyclic) bond motifs is 1. The summed E-state index contributed by atoms with van der Waals surface area (Å²) in [5, 5.41) is 11.3. The van der Waals surface area contributed by atoms with E-state index in [1.54, 1.807) is 0 Å². The van der Waals surface area contributed by atoms with E-state index in [0.717, 1.165) is 79.5 Å². The summed E-state index contributed by atoms with van der Waals surface area (Å²) in [6.07, 6.45) is 1.92. The summed E-state index contributed by atoms with van der Waals surface area (Å²) >= 11 is 6.20. The highest BCUT2D eigenvalue weighted by molar-refractivity contribution is 6.30. The predicted octanol–water partition coefficient (Wildman–Crippen LogP) is 8.45. The summed E-state index contributed by atoms with van der Waals surface area (Å²) in [5.41, 5.74) is 10.2. The van der Waals surface area contributed by atoms with Crippen molar-refractivity contribution in [3.8, 4) is 11.1 Å². The number of halogens is 1. The molecular weight excluding hydrogens is 570 g/mol. The molecule has 1 unspecified atom stereocenters. The molecule has 1 N–H and O–H groups in total. The smallest absolute Gasteiger partial charge is 0.337 e. The van der Waals surface area contributed by atoms with Crippen molar-refractivity contribution in [3.05, 3.63) is 80.6 Å². The lowest BCUT2D eigenvalue weighted by Gasteiger charge is -2.41. The number of aromatic nitrogens is 1. The maximum atomic E-state index is 12.8. The summed E-state index contributed by atoms with van der Waals surface area (Å²) in [7, 11) is 0. The van der Waals surface area contributed by atoms with Crippen molar-refractivity contribution in [1.82, 2.24) is 9.88 Å². The molecule has 0 saturated carbocycles. The molecule has 5 rings (SSSR count). The number of carboxylic acids is 1. The second-order valence-corrected chi connectivity index (χ2v) is 15.0. The van der Waals surface area contributed by atoms with Crippen LogP contribution in [-0.4, -0.2) is 46.2 Å². The minimum absolute atomic E-state index is 0.254. The van der Waals surface area contributed by atoms with Crippen molar-refractivity contribution in [2.75, 3.05) is 24.5 Å². The number of pyridine rings is 1. The van der Waals surface area contributed by atoms with Crippen LogP contribution in [0.2, 0.25) is 5.02 Å². The van der Waals surface area contributed by atoms with E-state index in [2.05, 4.69) is 61.8 Å². The minimum atomic E-state index is -1.12. The summed E-state index contributed by atoms with van der Waals surface area (Å²) in [6.45, 7) is 21.0. The third-order valence-corrected chi connectivity index (χ3v) is 9.49. The van der Waals surface area contributed by atoms with Crippen LogP contribution < -0.4 is 4.90 Å². The second kappa shape index (κ2) is 12.5. The van der Waals surface area contributed by atoms with E-state index >= 15 is 0 Å². The van der Waals surface area contributed by atoms with Crippen LogP contribution in [0, 0.1) is 26.2 Å². The standard InChI is InChI=1S/C37H48ClN3O3/c1-23-19-30(38)12-11-28(23)21-40-16-13-26-20-27(9-10-29(26)22-40)31-24(2)39-25(3)32(34(35(42)43)44-36(4,5)6)33(31)41-17-14-37(7,8)15-18-41/h9-12,19-20,34H,13-18,21-22H2,1-8H3,(H,42,43). The molecule has 7 heteroatoms. The Labute approximate surface area is 268 Å². The predicted molar refractivity (Wildman–Crippen MR) is 180 cm³/mol. The minimum Gasteiger partial charge on any atom is -0.479 e. The summed E-state index contributed by atoms with van der Waals surface area (Å²) in [5.74, 6) is -0.986. The van der Waals surface area contributed by atoms with Crippen LogP contribution in [0.4, 0.5) is 5.69 Å². The van der Waals surface area contributed by atoms with E-state index in [4.69, 9.17) is 21.3 Å². The van der Waals surface area contributed by atoms with Gasteiger partial charge in [-0.25, -0.2) is 4.79 Å². The van der Waals surface area contributed by atoms with E-state index in [9.17, 15) is 9.90 Å². The zero-order valence-electron chi connectivity index (χ0n) is 27.7. The number of hydrogen-bond acceptors (Lipinski definition) is 5. The second-order valence-electron chi connectivity index (χ2n) is 14.5. The van der Waals surface area contributed by atoms with Gasteiger partial charge in [0.25, 0.3) is 0 Å². The van der Waals surface area contributed by atoms with Crippen LogP contribution in [0.1, 0.15) is 92.8 Å². The van der Waals surface area contributed by atoms with Crippen molar-refractivity contribution >= 4 is 23.3 Å². The number of nitrogens with zero attached hydrogens (tertiary/aromatic N) is 3. The van der Waals surface area contributed by atoms with Crippen LogP contribution in [0.25, 0.3) is 11.1 Å². The Morgan fingerprint density at radius 1 is 1.02 bits per heavy atom. The van der Waals surface area contributed by atoms with Gasteiger partial charge in [-0.3, -0.25) is 9.88 Å². The van der Waals surface area contributed by atoms with Gasteiger partial charge in [0, 0.05) is 60.3 Å². The monoisotopic (exact) mass is 617 g/mol. The molecule has 2 aliphatic rings. The largest absolute Gasteiger partial charge is 0.479 e. The first kappa shape index (κ1) is 32.5. The molecular formula is C37H48ClN3O3. The SMILES string of the molecule is Cc1cc(Cl)ccc1CN1CCc2cc(-c3c(C)nc(C)c(C(OC(C)(C)C)C(=O)O)c3N3CCC(C)(C)CC3)ccc2C1. The van der Waals surface area contributed by atoms with Gasteiger partial charge in [0.2, 0.25) is 0 Å². The first-order valence-corrected chi connectivity index (χ1v) is 16.3. The average molecular weight is 618 g/mol. The zero-order chi connectivity index (χ0) is 32.0. The van der Waals surface area contributed by atoms with Gasteiger partial charge >= 0.3 is 5.97 Å². The molecule has 1 fully saturated rings. The van der Waals surface area contributed by atoms with Crippen molar-refractivity contribution in [2.45, 2.75) is 99.4 Å². The molecule has 3 heterocycles. The molecule has 236 valence electrons. The molecule has 3 aromatic rings. The summed E-state index contributed by atoms with van der Waals surface area (Å²) in [6, 6.07) is 12.9. The van der Waals surface area contributed by atoms with E-state index in [0.29, 0.717) is 11.3 Å². The van der Waals surface area contributed by atoms with E-state index < -0.39 is 17.7 Å². The third-order valence-electron chi connectivity index (χ3n) is 9.25. The van der Waals surface area contributed by atoms with E-state index in [1.165, 1.54) is 22.3 Å². The van der Waals surface area contributed by atoms with Gasteiger partial charge < -0.3 is 14.7 Å². The Morgan fingerprint density at radius 2 is 1.73 bits per heavy atom. The van der Waals surface area contributed by atoms with Crippen molar-refractivity contribution in [1.29, 1.82) is 0 Å². The number of anilines is 1. The van der Waals surface area contributed by atoms with Gasteiger partial charge in [-0.15, -0.1) is 0 Å². The normalized spacial score (nSPS) is 17.8. The Morgan fingerprint density at radius 3 is 2.36 bits per heavy atom. The highest BCUT2D eigenvalue weighted by Crippen LogP contribution is 2.45. The molecule has 1 aromatic heterocycles. The highest BCUT2D eigenvalue weighted by atomic mass is 35.5. The molecule has 44 heavy (non-hydrogen) atoms. The van der Waals surface area contributed by atoms with Crippen molar-refractivity contribution in [2.24, 2.45) is 5.41 Å².